The van der Waals surface area contributed by atoms with E-state index in [1.165, 1.54) is 7.11 Å². The zero-order valence-electron chi connectivity index (χ0n) is 15.5. The molecule has 0 bridgehead atoms. The van der Waals surface area contributed by atoms with Crippen molar-refractivity contribution in [2.75, 3.05) is 13.7 Å². The third-order valence-corrected chi connectivity index (χ3v) is 4.56. The van der Waals surface area contributed by atoms with Gasteiger partial charge in [0.1, 0.15) is 18.3 Å². The van der Waals surface area contributed by atoms with Crippen LogP contribution >= 0.6 is 0 Å². The van der Waals surface area contributed by atoms with Crippen LogP contribution < -0.4 is 0 Å². The van der Waals surface area contributed by atoms with Gasteiger partial charge in [-0.3, -0.25) is 0 Å². The first-order valence-corrected chi connectivity index (χ1v) is 9.02. The van der Waals surface area contributed by atoms with Crippen LogP contribution in [0.1, 0.15) is 15.9 Å². The average molecular weight is 388 g/mol. The van der Waals surface area contributed by atoms with Crippen molar-refractivity contribution in [1.82, 2.24) is 0 Å². The summed E-state index contributed by atoms with van der Waals surface area (Å²) in [6.07, 6.45) is -5.54. The summed E-state index contributed by atoms with van der Waals surface area (Å²) in [6.45, 7) is 0.389. The fraction of sp³-hybridized carbons (Fsp3) is 0.381. The normalized spacial score (nSPS) is 27.3. The van der Waals surface area contributed by atoms with Gasteiger partial charge in [-0.1, -0.05) is 48.5 Å². The lowest BCUT2D eigenvalue weighted by Crippen LogP contribution is -2.60. The van der Waals surface area contributed by atoms with Crippen molar-refractivity contribution in [2.24, 2.45) is 0 Å². The van der Waals surface area contributed by atoms with E-state index in [1.807, 2.05) is 30.3 Å². The molecule has 7 nitrogen and oxygen atoms in total. The molecule has 28 heavy (non-hydrogen) atoms. The maximum Gasteiger partial charge on any atom is 0.338 e. The summed E-state index contributed by atoms with van der Waals surface area (Å²) in [7, 11) is 1.37. The standard InChI is InChI=1S/C21H24O7/c1-25-18-17(22)16(13-26-12-14-8-4-2-5-9-14)27-21(24)19(18)28-20(23)15-10-6-3-7-11-15/h2-11,16-19,21-22,24H,12-13H2,1H3/t16-,17-,18+,19+,21+/m1/s1. The van der Waals surface area contributed by atoms with Crippen molar-refractivity contribution in [3.63, 3.8) is 0 Å². The molecule has 1 aliphatic heterocycles. The first kappa shape index (κ1) is 20.4. The zero-order valence-corrected chi connectivity index (χ0v) is 15.5. The van der Waals surface area contributed by atoms with Gasteiger partial charge in [0, 0.05) is 7.11 Å². The van der Waals surface area contributed by atoms with Gasteiger partial charge in [-0.25, -0.2) is 4.79 Å². The first-order chi connectivity index (χ1) is 13.6. The molecule has 1 fully saturated rings. The highest BCUT2D eigenvalue weighted by Gasteiger charge is 2.47. The zero-order chi connectivity index (χ0) is 19.9. The molecule has 5 atom stereocenters. The largest absolute Gasteiger partial charge is 0.450 e. The fourth-order valence-corrected chi connectivity index (χ4v) is 3.07. The lowest BCUT2D eigenvalue weighted by atomic mass is 9.98. The Morgan fingerprint density at radius 2 is 1.64 bits per heavy atom. The number of hydrogen-bond acceptors (Lipinski definition) is 7. The summed E-state index contributed by atoms with van der Waals surface area (Å²) in [5.74, 6) is -0.638. The van der Waals surface area contributed by atoms with Crippen LogP contribution in [0.25, 0.3) is 0 Å². The maximum absolute atomic E-state index is 12.3. The van der Waals surface area contributed by atoms with E-state index in [1.54, 1.807) is 30.3 Å². The fourth-order valence-electron chi connectivity index (χ4n) is 3.07. The van der Waals surface area contributed by atoms with Gasteiger partial charge >= 0.3 is 5.97 Å². The molecule has 1 saturated heterocycles. The molecule has 7 heteroatoms. The van der Waals surface area contributed by atoms with Crippen molar-refractivity contribution in [2.45, 2.75) is 37.3 Å². The Hall–Kier alpha value is -2.29. The molecule has 0 aliphatic carbocycles. The van der Waals surface area contributed by atoms with Gasteiger partial charge in [-0.15, -0.1) is 0 Å². The Bertz CT molecular complexity index is 737. The third-order valence-electron chi connectivity index (χ3n) is 4.56. The minimum absolute atomic E-state index is 0.0479. The molecule has 0 unspecified atom stereocenters. The molecular weight excluding hydrogens is 364 g/mol. The van der Waals surface area contributed by atoms with Gasteiger partial charge in [0.05, 0.1) is 18.8 Å². The average Bonchev–Trinajstić information content (AvgIpc) is 2.73. The first-order valence-electron chi connectivity index (χ1n) is 9.02. The minimum Gasteiger partial charge on any atom is -0.450 e. The van der Waals surface area contributed by atoms with E-state index in [2.05, 4.69) is 0 Å². The molecule has 0 amide bonds. The van der Waals surface area contributed by atoms with E-state index in [0.717, 1.165) is 5.56 Å². The Morgan fingerprint density at radius 1 is 1.00 bits per heavy atom. The van der Waals surface area contributed by atoms with Crippen molar-refractivity contribution >= 4 is 5.97 Å². The second-order valence-corrected chi connectivity index (χ2v) is 6.49. The van der Waals surface area contributed by atoms with Gasteiger partial charge < -0.3 is 29.2 Å². The predicted molar refractivity (Wildman–Crippen MR) is 99.4 cm³/mol. The van der Waals surface area contributed by atoms with Crippen LogP contribution in [0.4, 0.5) is 0 Å². The summed E-state index contributed by atoms with van der Waals surface area (Å²) in [5.41, 5.74) is 1.30. The van der Waals surface area contributed by atoms with E-state index in [9.17, 15) is 15.0 Å². The predicted octanol–water partition coefficient (Wildman–Crippen LogP) is 1.52. The highest BCUT2D eigenvalue weighted by Crippen LogP contribution is 2.26. The lowest BCUT2D eigenvalue weighted by Gasteiger charge is -2.41. The second kappa shape index (κ2) is 9.77. The number of ether oxygens (including phenoxy) is 4. The Kier molecular flexibility index (Phi) is 7.13. The number of carbonyl (C=O) groups excluding carboxylic acids is 1. The third kappa shape index (κ3) is 4.95. The number of hydrogen-bond donors (Lipinski definition) is 2. The number of carbonyl (C=O) groups is 1. The van der Waals surface area contributed by atoms with Gasteiger partial charge in [0.25, 0.3) is 0 Å². The summed E-state index contributed by atoms with van der Waals surface area (Å²) in [4.78, 5) is 12.3. The maximum atomic E-state index is 12.3. The molecule has 1 aliphatic rings. The Balaban J connectivity index is 1.59. The molecule has 0 spiro atoms. The molecule has 0 radical (unpaired) electrons. The molecule has 2 N–H and O–H groups in total. The molecular formula is C21H24O7. The van der Waals surface area contributed by atoms with Crippen LogP contribution in [0, 0.1) is 0 Å². The van der Waals surface area contributed by atoms with Gasteiger partial charge in [0.2, 0.25) is 0 Å². The molecule has 1 heterocycles. The number of aliphatic hydroxyl groups is 2. The van der Waals surface area contributed by atoms with E-state index < -0.39 is 36.7 Å². The molecule has 0 aromatic heterocycles. The molecule has 150 valence electrons. The topological polar surface area (TPSA) is 94.5 Å². The number of aliphatic hydroxyl groups excluding tert-OH is 2. The minimum atomic E-state index is -1.45. The summed E-state index contributed by atoms with van der Waals surface area (Å²) in [6, 6.07) is 17.9. The SMILES string of the molecule is CO[C@H]1[C@H](O)[C@@H](COCc2ccccc2)O[C@H](O)[C@H]1OC(=O)c1ccccc1. The van der Waals surface area contributed by atoms with Gasteiger partial charge in [0.15, 0.2) is 12.4 Å². The van der Waals surface area contributed by atoms with Crippen LogP contribution in [0.15, 0.2) is 60.7 Å². The van der Waals surface area contributed by atoms with Crippen molar-refractivity contribution in [1.29, 1.82) is 0 Å². The Morgan fingerprint density at radius 3 is 2.29 bits per heavy atom. The number of benzene rings is 2. The van der Waals surface area contributed by atoms with Crippen molar-refractivity contribution < 1.29 is 34.0 Å². The highest BCUT2D eigenvalue weighted by molar-refractivity contribution is 5.89. The molecule has 3 rings (SSSR count). The smallest absolute Gasteiger partial charge is 0.338 e. The molecule has 0 saturated carbocycles. The van der Waals surface area contributed by atoms with Crippen LogP contribution in [0.3, 0.4) is 0 Å². The summed E-state index contributed by atoms with van der Waals surface area (Å²) in [5, 5.41) is 20.9. The molecule has 2 aromatic rings. The van der Waals surface area contributed by atoms with Gasteiger partial charge in [-0.2, -0.15) is 0 Å². The number of rotatable bonds is 7. The molecule has 2 aromatic carbocycles. The van der Waals surface area contributed by atoms with E-state index >= 15 is 0 Å². The lowest BCUT2D eigenvalue weighted by molar-refractivity contribution is -0.292. The summed E-state index contributed by atoms with van der Waals surface area (Å²) >= 11 is 0. The van der Waals surface area contributed by atoms with Crippen molar-refractivity contribution in [3.8, 4) is 0 Å². The van der Waals surface area contributed by atoms with Crippen molar-refractivity contribution in [3.05, 3.63) is 71.8 Å². The highest BCUT2D eigenvalue weighted by atomic mass is 16.7. The number of methoxy groups -OCH3 is 1. The van der Waals surface area contributed by atoms with E-state index in [0.29, 0.717) is 12.2 Å². The monoisotopic (exact) mass is 388 g/mol. The number of esters is 1. The Labute approximate surface area is 163 Å². The van der Waals surface area contributed by atoms with E-state index in [-0.39, 0.29) is 6.61 Å². The quantitative estimate of drug-likeness (QED) is 0.695. The van der Waals surface area contributed by atoms with Crippen LogP contribution in [-0.2, 0) is 25.6 Å². The van der Waals surface area contributed by atoms with E-state index in [4.69, 9.17) is 18.9 Å². The second-order valence-electron chi connectivity index (χ2n) is 6.49. The van der Waals surface area contributed by atoms with Crippen LogP contribution in [0.2, 0.25) is 0 Å². The van der Waals surface area contributed by atoms with Crippen LogP contribution in [0.5, 0.6) is 0 Å². The van der Waals surface area contributed by atoms with Crippen LogP contribution in [-0.4, -0.2) is 60.6 Å². The van der Waals surface area contributed by atoms with Gasteiger partial charge in [-0.05, 0) is 17.7 Å². The summed E-state index contributed by atoms with van der Waals surface area (Å²) < 4.78 is 21.7.